The van der Waals surface area contributed by atoms with Crippen LogP contribution in [0.15, 0.2) is 24.3 Å². The highest BCUT2D eigenvalue weighted by Crippen LogP contribution is 2.16. The fourth-order valence-electron chi connectivity index (χ4n) is 1.31. The molecule has 1 aromatic carbocycles. The number of carbonyl (C=O) groups excluding carboxylic acids is 1. The molecule has 4 heteroatoms. The number of carbonyl (C=O) groups is 1. The van der Waals surface area contributed by atoms with Crippen LogP contribution in [0, 0.1) is 0 Å². The Kier molecular flexibility index (Phi) is 6.48. The Morgan fingerprint density at radius 2 is 2.06 bits per heavy atom. The molecule has 3 nitrogen and oxygen atoms in total. The normalized spacial score (nSPS) is 10.0. The minimum atomic E-state index is -0.00660. The van der Waals surface area contributed by atoms with E-state index in [2.05, 4.69) is 12.2 Å². The Balaban J connectivity index is 2.42. The fourth-order valence-corrected chi connectivity index (χ4v) is 1.44. The number of halogens is 1. The summed E-state index contributed by atoms with van der Waals surface area (Å²) in [7, 11) is 0. The maximum atomic E-state index is 11.4. The summed E-state index contributed by atoms with van der Waals surface area (Å²) < 4.78 is 5.45. The first-order chi connectivity index (χ1) is 8.26. The summed E-state index contributed by atoms with van der Waals surface area (Å²) >= 11 is 5.52. The SMILES string of the molecule is CCCOc1ccc(NC(=O)CCCCl)cc1. The van der Waals surface area contributed by atoms with Crippen molar-refractivity contribution < 1.29 is 9.53 Å². The number of hydrogen-bond acceptors (Lipinski definition) is 2. The van der Waals surface area contributed by atoms with Gasteiger partial charge in [-0.25, -0.2) is 0 Å². The van der Waals surface area contributed by atoms with Crippen LogP contribution in [0.1, 0.15) is 26.2 Å². The lowest BCUT2D eigenvalue weighted by Gasteiger charge is -2.07. The van der Waals surface area contributed by atoms with Crippen molar-refractivity contribution in [1.29, 1.82) is 0 Å². The zero-order chi connectivity index (χ0) is 12.5. The lowest BCUT2D eigenvalue weighted by molar-refractivity contribution is -0.116. The summed E-state index contributed by atoms with van der Waals surface area (Å²) in [5, 5.41) is 2.81. The lowest BCUT2D eigenvalue weighted by atomic mass is 10.2. The van der Waals surface area contributed by atoms with Crippen LogP contribution in [0.5, 0.6) is 5.75 Å². The van der Waals surface area contributed by atoms with Crippen LogP contribution in [0.3, 0.4) is 0 Å². The largest absolute Gasteiger partial charge is 0.494 e. The Bertz CT molecular complexity index is 338. The molecule has 0 aliphatic rings. The number of alkyl halides is 1. The van der Waals surface area contributed by atoms with Crippen LogP contribution in [0.4, 0.5) is 5.69 Å². The van der Waals surface area contributed by atoms with E-state index in [9.17, 15) is 4.79 Å². The molecule has 94 valence electrons. The predicted molar refractivity (Wildman–Crippen MR) is 70.8 cm³/mol. The quantitative estimate of drug-likeness (QED) is 0.758. The molecule has 1 N–H and O–H groups in total. The number of hydrogen-bond donors (Lipinski definition) is 1. The van der Waals surface area contributed by atoms with E-state index in [0.717, 1.165) is 17.9 Å². The molecule has 0 heterocycles. The van der Waals surface area contributed by atoms with E-state index in [-0.39, 0.29) is 5.91 Å². The molecule has 17 heavy (non-hydrogen) atoms. The number of amides is 1. The van der Waals surface area contributed by atoms with Gasteiger partial charge in [-0.05, 0) is 37.1 Å². The van der Waals surface area contributed by atoms with Gasteiger partial charge >= 0.3 is 0 Å². The summed E-state index contributed by atoms with van der Waals surface area (Å²) in [5.74, 6) is 1.33. The van der Waals surface area contributed by atoms with Crippen LogP contribution >= 0.6 is 11.6 Å². The molecular formula is C13H18ClNO2. The van der Waals surface area contributed by atoms with E-state index < -0.39 is 0 Å². The molecule has 0 aliphatic carbocycles. The first-order valence-electron chi connectivity index (χ1n) is 5.85. The van der Waals surface area contributed by atoms with Gasteiger partial charge in [-0.2, -0.15) is 0 Å². The van der Waals surface area contributed by atoms with Gasteiger partial charge in [-0.3, -0.25) is 4.79 Å². The molecule has 0 bridgehead atoms. The zero-order valence-electron chi connectivity index (χ0n) is 10.0. The highest BCUT2D eigenvalue weighted by atomic mass is 35.5. The molecule has 1 amide bonds. The molecule has 0 fully saturated rings. The van der Waals surface area contributed by atoms with Gasteiger partial charge in [0.1, 0.15) is 5.75 Å². The Morgan fingerprint density at radius 3 is 2.65 bits per heavy atom. The second-order valence-electron chi connectivity index (χ2n) is 3.71. The summed E-state index contributed by atoms with van der Waals surface area (Å²) in [4.78, 5) is 11.4. The van der Waals surface area contributed by atoms with Crippen molar-refractivity contribution in [1.82, 2.24) is 0 Å². The van der Waals surface area contributed by atoms with E-state index in [4.69, 9.17) is 16.3 Å². The van der Waals surface area contributed by atoms with E-state index in [0.29, 0.717) is 25.3 Å². The third-order valence-electron chi connectivity index (χ3n) is 2.15. The minimum absolute atomic E-state index is 0.00660. The molecule has 0 saturated carbocycles. The van der Waals surface area contributed by atoms with Gasteiger partial charge in [0.05, 0.1) is 6.61 Å². The predicted octanol–water partition coefficient (Wildman–Crippen LogP) is 3.43. The zero-order valence-corrected chi connectivity index (χ0v) is 10.8. The summed E-state index contributed by atoms with van der Waals surface area (Å²) in [6.45, 7) is 2.77. The van der Waals surface area contributed by atoms with Crippen LogP contribution in [0.2, 0.25) is 0 Å². The average Bonchev–Trinajstić information content (AvgIpc) is 2.35. The van der Waals surface area contributed by atoms with Gasteiger partial charge in [0.2, 0.25) is 5.91 Å². The van der Waals surface area contributed by atoms with E-state index >= 15 is 0 Å². The van der Waals surface area contributed by atoms with Crippen molar-refractivity contribution in [3.8, 4) is 5.75 Å². The third-order valence-corrected chi connectivity index (χ3v) is 2.42. The van der Waals surface area contributed by atoms with Crippen LogP contribution in [-0.4, -0.2) is 18.4 Å². The standard InChI is InChI=1S/C13H18ClNO2/c1-2-10-17-12-7-5-11(6-8-12)15-13(16)4-3-9-14/h5-8H,2-4,9-10H2,1H3,(H,15,16). The summed E-state index contributed by atoms with van der Waals surface area (Å²) in [6.07, 6.45) is 2.14. The lowest BCUT2D eigenvalue weighted by Crippen LogP contribution is -2.11. The molecule has 0 aromatic heterocycles. The van der Waals surface area contributed by atoms with Crippen molar-refractivity contribution in [2.45, 2.75) is 26.2 Å². The van der Waals surface area contributed by atoms with Gasteiger partial charge < -0.3 is 10.1 Å². The van der Waals surface area contributed by atoms with Crippen molar-refractivity contribution in [2.24, 2.45) is 0 Å². The summed E-state index contributed by atoms with van der Waals surface area (Å²) in [5.41, 5.74) is 0.786. The molecule has 1 aromatic rings. The smallest absolute Gasteiger partial charge is 0.224 e. The van der Waals surface area contributed by atoms with E-state index in [1.54, 1.807) is 0 Å². The topological polar surface area (TPSA) is 38.3 Å². The molecule has 1 rings (SSSR count). The van der Waals surface area contributed by atoms with Gasteiger partial charge in [-0.1, -0.05) is 6.92 Å². The van der Waals surface area contributed by atoms with Gasteiger partial charge in [0.25, 0.3) is 0 Å². The number of ether oxygens (including phenoxy) is 1. The van der Waals surface area contributed by atoms with Crippen LogP contribution in [-0.2, 0) is 4.79 Å². The van der Waals surface area contributed by atoms with E-state index in [1.807, 2.05) is 24.3 Å². The van der Waals surface area contributed by atoms with Gasteiger partial charge in [0, 0.05) is 18.0 Å². The minimum Gasteiger partial charge on any atom is -0.494 e. The van der Waals surface area contributed by atoms with E-state index in [1.165, 1.54) is 0 Å². The summed E-state index contributed by atoms with van der Waals surface area (Å²) in [6, 6.07) is 7.38. The molecule has 0 radical (unpaired) electrons. The molecular weight excluding hydrogens is 238 g/mol. The fraction of sp³-hybridized carbons (Fsp3) is 0.462. The molecule has 0 spiro atoms. The van der Waals surface area contributed by atoms with Crippen LogP contribution in [0.25, 0.3) is 0 Å². The third kappa shape index (κ3) is 5.59. The number of anilines is 1. The number of rotatable bonds is 7. The van der Waals surface area contributed by atoms with Gasteiger partial charge in [-0.15, -0.1) is 11.6 Å². The van der Waals surface area contributed by atoms with Crippen molar-refractivity contribution in [3.05, 3.63) is 24.3 Å². The van der Waals surface area contributed by atoms with Crippen molar-refractivity contribution in [3.63, 3.8) is 0 Å². The highest BCUT2D eigenvalue weighted by Gasteiger charge is 2.01. The van der Waals surface area contributed by atoms with Crippen molar-refractivity contribution >= 4 is 23.2 Å². The monoisotopic (exact) mass is 255 g/mol. The highest BCUT2D eigenvalue weighted by molar-refractivity contribution is 6.18. The molecule has 0 saturated heterocycles. The second-order valence-corrected chi connectivity index (χ2v) is 4.09. The maximum absolute atomic E-state index is 11.4. The van der Waals surface area contributed by atoms with Gasteiger partial charge in [0.15, 0.2) is 0 Å². The number of nitrogens with one attached hydrogen (secondary N) is 1. The first-order valence-corrected chi connectivity index (χ1v) is 6.38. The molecule has 0 aliphatic heterocycles. The molecule has 0 unspecified atom stereocenters. The average molecular weight is 256 g/mol. The van der Waals surface area contributed by atoms with Crippen LogP contribution < -0.4 is 10.1 Å². The maximum Gasteiger partial charge on any atom is 0.224 e. The Labute approximate surface area is 107 Å². The first kappa shape index (κ1) is 13.8. The second kappa shape index (κ2) is 7.96. The Hall–Kier alpha value is -1.22. The molecule has 0 atom stereocenters. The van der Waals surface area contributed by atoms with Crippen molar-refractivity contribution in [2.75, 3.05) is 17.8 Å². The number of benzene rings is 1. The Morgan fingerprint density at radius 1 is 1.35 bits per heavy atom.